The summed E-state index contributed by atoms with van der Waals surface area (Å²) in [5.74, 6) is 1.06. The highest BCUT2D eigenvalue weighted by molar-refractivity contribution is 7.99. The number of aromatic hydroxyl groups is 1. The van der Waals surface area contributed by atoms with E-state index in [9.17, 15) is 19.5 Å². The molecule has 234 valence electrons. The van der Waals surface area contributed by atoms with E-state index in [1.807, 2.05) is 79.7 Å². The number of benzene rings is 4. The largest absolute Gasteiger partial charge is 0.508 e. The van der Waals surface area contributed by atoms with Gasteiger partial charge in [0.1, 0.15) is 5.75 Å². The maximum atomic E-state index is 13.3. The molecule has 1 heterocycles. The van der Waals surface area contributed by atoms with Crippen LogP contribution < -0.4 is 0 Å². The van der Waals surface area contributed by atoms with Crippen molar-refractivity contribution in [1.29, 1.82) is 0 Å². The van der Waals surface area contributed by atoms with Gasteiger partial charge in [0.25, 0.3) is 0 Å². The highest BCUT2D eigenvalue weighted by Gasteiger charge is 2.17. The van der Waals surface area contributed by atoms with Crippen LogP contribution in [-0.4, -0.2) is 40.1 Å². The fourth-order valence-corrected chi connectivity index (χ4v) is 5.85. The highest BCUT2D eigenvalue weighted by Crippen LogP contribution is 2.32. The average molecular weight is 624 g/mol. The summed E-state index contributed by atoms with van der Waals surface area (Å²) < 4.78 is 6.49. The number of aromatic nitrogens is 1. The van der Waals surface area contributed by atoms with E-state index in [1.165, 1.54) is 7.11 Å². The van der Waals surface area contributed by atoms with Crippen molar-refractivity contribution in [2.75, 3.05) is 12.9 Å². The zero-order valence-corrected chi connectivity index (χ0v) is 27.3. The molecule has 0 spiro atoms. The zero-order valence-electron chi connectivity index (χ0n) is 26.5. The summed E-state index contributed by atoms with van der Waals surface area (Å²) in [6.07, 6.45) is 1.71. The highest BCUT2D eigenvalue weighted by atomic mass is 32.2. The van der Waals surface area contributed by atoms with Crippen LogP contribution in [0.1, 0.15) is 65.0 Å². The second-order valence-corrected chi connectivity index (χ2v) is 11.3. The molecule has 0 bridgehead atoms. The zero-order chi connectivity index (χ0) is 32.9. The molecule has 4 aromatic carbocycles. The number of ketones is 2. The first-order valence-corrected chi connectivity index (χ1v) is 15.9. The Morgan fingerprint density at radius 2 is 1.44 bits per heavy atom. The minimum absolute atomic E-state index is 0.00996. The van der Waals surface area contributed by atoms with Crippen molar-refractivity contribution in [2.45, 2.75) is 51.5 Å². The first-order chi connectivity index (χ1) is 21.8. The molecule has 0 fully saturated rings. The topological polar surface area (TPSA) is 85.6 Å². The van der Waals surface area contributed by atoms with E-state index < -0.39 is 0 Å². The van der Waals surface area contributed by atoms with Gasteiger partial charge in [-0.3, -0.25) is 14.4 Å². The van der Waals surface area contributed by atoms with Crippen LogP contribution in [0, 0.1) is 6.92 Å². The van der Waals surface area contributed by atoms with E-state index in [2.05, 4.69) is 29.4 Å². The quantitative estimate of drug-likeness (QED) is 0.0549. The van der Waals surface area contributed by atoms with Gasteiger partial charge in [0.2, 0.25) is 0 Å². The predicted octanol–water partition coefficient (Wildman–Crippen LogP) is 9.19. The Balaban J connectivity index is 0.000000620. The monoisotopic (exact) mass is 623 g/mol. The first-order valence-electron chi connectivity index (χ1n) is 15.0. The van der Waals surface area contributed by atoms with E-state index in [1.54, 1.807) is 30.8 Å². The van der Waals surface area contributed by atoms with Gasteiger partial charge in [-0.15, -0.1) is 24.9 Å². The Kier molecular flexibility index (Phi) is 13.2. The summed E-state index contributed by atoms with van der Waals surface area (Å²) in [5.41, 5.74) is 5.15. The van der Waals surface area contributed by atoms with Crippen LogP contribution in [0.5, 0.6) is 5.75 Å². The van der Waals surface area contributed by atoms with Gasteiger partial charge in [-0.2, -0.15) is 0 Å². The third kappa shape index (κ3) is 8.73. The maximum Gasteiger partial charge on any atom is 0.305 e. The number of phenols is 1. The number of Topliss-reactive ketones (excluding diaryl/α,β-unsaturated/α-hetero) is 1. The van der Waals surface area contributed by atoms with E-state index in [0.717, 1.165) is 51.0 Å². The Hall–Kier alpha value is -4.62. The lowest BCUT2D eigenvalue weighted by atomic mass is 9.97. The molecular weight excluding hydrogens is 582 g/mol. The molecule has 0 aliphatic rings. The summed E-state index contributed by atoms with van der Waals surface area (Å²) in [7, 11) is 1.38. The van der Waals surface area contributed by atoms with Gasteiger partial charge in [0.05, 0.1) is 7.11 Å². The van der Waals surface area contributed by atoms with E-state index >= 15 is 0 Å². The molecule has 0 atom stereocenters. The van der Waals surface area contributed by atoms with Crippen molar-refractivity contribution in [2.24, 2.45) is 0 Å². The summed E-state index contributed by atoms with van der Waals surface area (Å²) in [6.45, 7) is 12.6. The lowest BCUT2D eigenvalue weighted by molar-refractivity contribution is -0.140. The molecule has 6 nitrogen and oxygen atoms in total. The Morgan fingerprint density at radius 1 is 0.844 bits per heavy atom. The summed E-state index contributed by atoms with van der Waals surface area (Å²) >= 11 is 1.68. The number of carbonyl (C=O) groups excluding carboxylic acids is 3. The van der Waals surface area contributed by atoms with Crippen molar-refractivity contribution in [3.8, 4) is 5.75 Å². The molecule has 0 amide bonds. The summed E-state index contributed by atoms with van der Waals surface area (Å²) in [5, 5.41) is 11.4. The molecule has 45 heavy (non-hydrogen) atoms. The van der Waals surface area contributed by atoms with E-state index in [0.29, 0.717) is 29.5 Å². The fourth-order valence-electron chi connectivity index (χ4n) is 5.00. The van der Waals surface area contributed by atoms with Gasteiger partial charge in [0, 0.05) is 62.8 Å². The van der Waals surface area contributed by atoms with Crippen LogP contribution in [0.25, 0.3) is 21.8 Å². The number of fused-ring (bicyclic) bond motifs is 3. The Morgan fingerprint density at radius 3 is 2.00 bits per heavy atom. The SMILES string of the molecule is C=C.CCC(=O)OC.CCn1c2ccc(C(=O)CCCSc3ccc(O)cc3)cc2c2cc(C(=O)c3ccccc3C)ccc21. The molecule has 5 aromatic rings. The second kappa shape index (κ2) is 17.0. The number of hydrogen-bond acceptors (Lipinski definition) is 6. The molecule has 0 aliphatic carbocycles. The van der Waals surface area contributed by atoms with Gasteiger partial charge < -0.3 is 14.4 Å². The van der Waals surface area contributed by atoms with Gasteiger partial charge in [-0.25, -0.2) is 0 Å². The average Bonchev–Trinajstić information content (AvgIpc) is 3.40. The van der Waals surface area contributed by atoms with Crippen LogP contribution in [0.3, 0.4) is 0 Å². The second-order valence-electron chi connectivity index (χ2n) is 10.2. The lowest BCUT2D eigenvalue weighted by Crippen LogP contribution is -2.03. The standard InChI is InChI=1S/C32H29NO3S.C4H8O2.C2H4/c1-3-33-29-16-10-22(31(35)9-6-18-37-25-14-12-24(34)13-15-25)19-27(29)28-20-23(11-17-30(28)33)32(36)26-8-5-4-7-21(26)2;1-3-4(5)6-2;1-2/h4-5,7-8,10-17,19-20,34H,3,6,9,18H2,1-2H3;3H2,1-2H3;1-2H2. The third-order valence-electron chi connectivity index (χ3n) is 7.32. The van der Waals surface area contributed by atoms with E-state index in [-0.39, 0.29) is 23.3 Å². The van der Waals surface area contributed by atoms with Crippen LogP contribution in [0.15, 0.2) is 103 Å². The number of aryl methyl sites for hydroxylation is 2. The van der Waals surface area contributed by atoms with Gasteiger partial charge >= 0.3 is 5.97 Å². The number of esters is 1. The first kappa shape index (κ1) is 34.9. The Labute approximate surface area is 269 Å². The normalized spacial score (nSPS) is 10.4. The van der Waals surface area contributed by atoms with E-state index in [4.69, 9.17) is 0 Å². The van der Waals surface area contributed by atoms with Crippen molar-refractivity contribution >= 4 is 51.1 Å². The van der Waals surface area contributed by atoms with Crippen LogP contribution in [-0.2, 0) is 16.1 Å². The van der Waals surface area contributed by atoms with Crippen molar-refractivity contribution < 1.29 is 24.2 Å². The van der Waals surface area contributed by atoms with Gasteiger partial charge in [-0.05, 0) is 92.2 Å². The molecule has 0 saturated carbocycles. The lowest BCUT2D eigenvalue weighted by Gasteiger charge is -2.06. The van der Waals surface area contributed by atoms with Crippen LogP contribution in [0.4, 0.5) is 0 Å². The molecule has 0 aliphatic heterocycles. The molecular formula is C38H41NO5S. The number of phenolic OH excluding ortho intramolecular Hbond substituents is 1. The van der Waals surface area contributed by atoms with Crippen molar-refractivity contribution in [3.05, 3.63) is 120 Å². The fraction of sp³-hybridized carbons (Fsp3) is 0.237. The number of methoxy groups -OCH3 is 1. The van der Waals surface area contributed by atoms with Crippen molar-refractivity contribution in [1.82, 2.24) is 4.57 Å². The summed E-state index contributed by atoms with van der Waals surface area (Å²) in [4.78, 5) is 37.4. The molecule has 1 aromatic heterocycles. The number of ether oxygens (including phenoxy) is 1. The molecule has 0 saturated heterocycles. The van der Waals surface area contributed by atoms with Gasteiger partial charge in [-0.1, -0.05) is 31.2 Å². The van der Waals surface area contributed by atoms with Gasteiger partial charge in [0.15, 0.2) is 11.6 Å². The number of thioether (sulfide) groups is 1. The number of rotatable bonds is 10. The summed E-state index contributed by atoms with van der Waals surface area (Å²) in [6, 6.07) is 26.6. The minimum Gasteiger partial charge on any atom is -0.508 e. The van der Waals surface area contributed by atoms with Crippen LogP contribution in [0.2, 0.25) is 0 Å². The molecule has 1 N–H and O–H groups in total. The molecule has 7 heteroatoms. The number of hydrogen-bond donors (Lipinski definition) is 1. The Bertz CT molecular complexity index is 1770. The smallest absolute Gasteiger partial charge is 0.305 e. The van der Waals surface area contributed by atoms with Crippen molar-refractivity contribution in [3.63, 3.8) is 0 Å². The minimum atomic E-state index is -0.157. The van der Waals surface area contributed by atoms with Crippen LogP contribution >= 0.6 is 11.8 Å². The third-order valence-corrected chi connectivity index (χ3v) is 8.42. The predicted molar refractivity (Wildman–Crippen MR) is 186 cm³/mol. The number of carbonyl (C=O) groups is 3. The molecule has 0 unspecified atom stereocenters. The molecule has 5 rings (SSSR count). The maximum absolute atomic E-state index is 13.3. The number of nitrogens with zero attached hydrogens (tertiary/aromatic N) is 1. The molecule has 0 radical (unpaired) electrons.